The Hall–Kier alpha value is -6.58. The Balaban J connectivity index is 1.06. The summed E-state index contributed by atoms with van der Waals surface area (Å²) in [6, 6.07) is 60.1. The van der Waals surface area contributed by atoms with Crippen LogP contribution in [0.1, 0.15) is 30.5 Å². The van der Waals surface area contributed by atoms with E-state index >= 15 is 0 Å². The van der Waals surface area contributed by atoms with Gasteiger partial charge in [-0.1, -0.05) is 123 Å². The topological polar surface area (TPSA) is 20.2 Å². The highest BCUT2D eigenvalue weighted by molar-refractivity contribution is 6.10. The highest BCUT2D eigenvalue weighted by Gasteiger charge is 2.35. The van der Waals surface area contributed by atoms with E-state index in [2.05, 4.69) is 211 Å². The Labute approximate surface area is 310 Å². The summed E-state index contributed by atoms with van der Waals surface area (Å²) >= 11 is 0. The average molecular weight is 682 g/mol. The van der Waals surface area contributed by atoms with Crippen molar-refractivity contribution in [2.45, 2.75) is 19.3 Å². The van der Waals surface area contributed by atoms with E-state index in [1.54, 1.807) is 0 Å². The Bertz CT molecular complexity index is 2730. The zero-order valence-corrected chi connectivity index (χ0v) is 29.9. The summed E-state index contributed by atoms with van der Waals surface area (Å²) in [7, 11) is 0. The van der Waals surface area contributed by atoms with E-state index < -0.39 is 0 Å². The lowest BCUT2D eigenvalue weighted by Gasteiger charge is -2.28. The van der Waals surface area contributed by atoms with E-state index in [0.717, 1.165) is 23.6 Å². The van der Waals surface area contributed by atoms with Crippen LogP contribution < -0.4 is 10.2 Å². The molecule has 0 unspecified atom stereocenters. The van der Waals surface area contributed by atoms with Crippen molar-refractivity contribution in [3.63, 3.8) is 0 Å². The van der Waals surface area contributed by atoms with Gasteiger partial charge in [-0.25, -0.2) is 0 Å². The fourth-order valence-electron chi connectivity index (χ4n) is 8.54. The number of hydrogen-bond acceptors (Lipinski definition) is 2. The molecule has 0 atom stereocenters. The predicted molar refractivity (Wildman–Crippen MR) is 224 cm³/mol. The lowest BCUT2D eigenvalue weighted by atomic mass is 9.82. The summed E-state index contributed by atoms with van der Waals surface area (Å²) in [5.74, 6) is 0. The van der Waals surface area contributed by atoms with Crippen LogP contribution in [-0.2, 0) is 5.41 Å². The first-order valence-corrected chi connectivity index (χ1v) is 18.5. The van der Waals surface area contributed by atoms with Crippen LogP contribution in [0.4, 0.5) is 17.1 Å². The maximum absolute atomic E-state index is 3.35. The average Bonchev–Trinajstić information content (AvgIpc) is 3.67. The minimum absolute atomic E-state index is 0.0869. The Morgan fingerprint density at radius 3 is 1.94 bits per heavy atom. The normalized spacial score (nSPS) is 14.1. The summed E-state index contributed by atoms with van der Waals surface area (Å²) in [5.41, 5.74) is 17.1. The molecule has 0 bridgehead atoms. The second-order valence-corrected chi connectivity index (χ2v) is 14.7. The molecule has 254 valence electrons. The first kappa shape index (κ1) is 31.2. The van der Waals surface area contributed by atoms with Crippen molar-refractivity contribution in [1.82, 2.24) is 9.88 Å². The predicted octanol–water partition coefficient (Wildman–Crippen LogP) is 12.7. The molecular weight excluding hydrogens is 643 g/mol. The van der Waals surface area contributed by atoms with Gasteiger partial charge in [0.1, 0.15) is 0 Å². The molecule has 10 rings (SSSR count). The van der Waals surface area contributed by atoms with Crippen molar-refractivity contribution in [3.8, 4) is 27.9 Å². The maximum Gasteiger partial charge on any atom is 0.0541 e. The van der Waals surface area contributed by atoms with Crippen LogP contribution >= 0.6 is 0 Å². The first-order valence-electron chi connectivity index (χ1n) is 18.5. The molecule has 0 saturated heterocycles. The summed E-state index contributed by atoms with van der Waals surface area (Å²) in [6.07, 6.45) is 6.46. The fourth-order valence-corrected chi connectivity index (χ4v) is 8.54. The minimum atomic E-state index is -0.0869. The van der Waals surface area contributed by atoms with Crippen molar-refractivity contribution in [2.75, 3.05) is 11.4 Å². The van der Waals surface area contributed by atoms with E-state index in [9.17, 15) is 0 Å². The third-order valence-electron chi connectivity index (χ3n) is 11.2. The maximum atomic E-state index is 3.35. The summed E-state index contributed by atoms with van der Waals surface area (Å²) in [5, 5.41) is 5.86. The van der Waals surface area contributed by atoms with Crippen LogP contribution in [0.5, 0.6) is 0 Å². The van der Waals surface area contributed by atoms with E-state index in [1.807, 2.05) is 0 Å². The van der Waals surface area contributed by atoms with E-state index in [1.165, 1.54) is 72.0 Å². The number of rotatable bonds is 6. The molecule has 53 heavy (non-hydrogen) atoms. The van der Waals surface area contributed by atoms with Crippen molar-refractivity contribution < 1.29 is 0 Å². The van der Waals surface area contributed by atoms with Gasteiger partial charge in [-0.15, -0.1) is 0 Å². The molecule has 1 aromatic heterocycles. The van der Waals surface area contributed by atoms with Crippen molar-refractivity contribution in [1.29, 1.82) is 0 Å². The molecule has 3 nitrogen and oxygen atoms in total. The van der Waals surface area contributed by atoms with Gasteiger partial charge in [0.2, 0.25) is 0 Å². The quantitative estimate of drug-likeness (QED) is 0.188. The van der Waals surface area contributed by atoms with Crippen LogP contribution in [0, 0.1) is 0 Å². The second-order valence-electron chi connectivity index (χ2n) is 14.7. The van der Waals surface area contributed by atoms with E-state index in [-0.39, 0.29) is 5.41 Å². The van der Waals surface area contributed by atoms with Crippen LogP contribution in [0.3, 0.4) is 0 Å². The summed E-state index contributed by atoms with van der Waals surface area (Å²) in [6.45, 7) is 5.57. The standard InChI is InChI=1S/C50H39N3/c1-50(2)46-16-8-6-14-42(46)43-28-27-41(32-47(43)50)52(40-25-20-35(21-26-40)37-11-10-30-51-33-37)39-23-18-34(19-24-39)36-22-29-49-45(31-36)44-15-7-9-17-48(44)53(49)38-12-4-3-5-13-38/h3-29,31-33,51H,30H2,1-2H3. The molecule has 3 heteroatoms. The Kier molecular flexibility index (Phi) is 7.23. The minimum Gasteiger partial charge on any atom is -0.387 e. The molecule has 1 aliphatic carbocycles. The van der Waals surface area contributed by atoms with Gasteiger partial charge in [0.15, 0.2) is 0 Å². The zero-order chi connectivity index (χ0) is 35.5. The van der Waals surface area contributed by atoms with Gasteiger partial charge in [-0.3, -0.25) is 0 Å². The Morgan fingerprint density at radius 2 is 1.17 bits per heavy atom. The number of dihydropyridines is 1. The van der Waals surface area contributed by atoms with Crippen molar-refractivity contribution in [2.24, 2.45) is 0 Å². The smallest absolute Gasteiger partial charge is 0.0541 e. The summed E-state index contributed by atoms with van der Waals surface area (Å²) in [4.78, 5) is 2.40. The molecule has 0 amide bonds. The number of nitrogens with one attached hydrogen (secondary N) is 1. The zero-order valence-electron chi connectivity index (χ0n) is 29.9. The summed E-state index contributed by atoms with van der Waals surface area (Å²) < 4.78 is 2.37. The molecule has 0 saturated carbocycles. The fraction of sp³-hybridized carbons (Fsp3) is 0.0800. The number of para-hydroxylation sites is 2. The van der Waals surface area contributed by atoms with Gasteiger partial charge in [-0.05, 0) is 111 Å². The van der Waals surface area contributed by atoms with Gasteiger partial charge in [0.05, 0.1) is 11.0 Å². The number of aromatic nitrogens is 1. The lowest BCUT2D eigenvalue weighted by molar-refractivity contribution is 0.660. The first-order chi connectivity index (χ1) is 26.0. The third-order valence-corrected chi connectivity index (χ3v) is 11.2. The van der Waals surface area contributed by atoms with Crippen LogP contribution in [-0.4, -0.2) is 11.1 Å². The van der Waals surface area contributed by atoms with Crippen molar-refractivity contribution >= 4 is 44.4 Å². The highest BCUT2D eigenvalue weighted by atomic mass is 15.1. The van der Waals surface area contributed by atoms with Gasteiger partial charge in [0, 0.05) is 51.7 Å². The van der Waals surface area contributed by atoms with Crippen LogP contribution in [0.25, 0.3) is 55.3 Å². The number of nitrogens with zero attached hydrogens (tertiary/aromatic N) is 2. The molecule has 2 aliphatic rings. The highest BCUT2D eigenvalue weighted by Crippen LogP contribution is 2.50. The SMILES string of the molecule is CC1(C)c2ccccc2-c2ccc(N(c3ccc(C4=CNCC=C4)cc3)c3ccc(-c4ccc5c(c4)c4ccccc4n5-c4ccccc4)cc3)cc21. The van der Waals surface area contributed by atoms with Gasteiger partial charge >= 0.3 is 0 Å². The van der Waals surface area contributed by atoms with Gasteiger partial charge in [-0.2, -0.15) is 0 Å². The molecule has 0 radical (unpaired) electrons. The van der Waals surface area contributed by atoms with Crippen LogP contribution in [0.2, 0.25) is 0 Å². The molecule has 1 aliphatic heterocycles. The lowest BCUT2D eigenvalue weighted by Crippen LogP contribution is -2.16. The largest absolute Gasteiger partial charge is 0.387 e. The number of hydrogen-bond donors (Lipinski definition) is 1. The molecule has 2 heterocycles. The molecule has 0 fully saturated rings. The van der Waals surface area contributed by atoms with Gasteiger partial charge in [0.25, 0.3) is 0 Å². The monoisotopic (exact) mass is 681 g/mol. The molecular formula is C50H39N3. The van der Waals surface area contributed by atoms with Crippen LogP contribution in [0.15, 0.2) is 182 Å². The van der Waals surface area contributed by atoms with E-state index in [4.69, 9.17) is 0 Å². The van der Waals surface area contributed by atoms with E-state index in [0.29, 0.717) is 0 Å². The second kappa shape index (κ2) is 12.3. The molecule has 0 spiro atoms. The number of allylic oxidation sites excluding steroid dienone is 2. The number of anilines is 3. The third kappa shape index (κ3) is 5.11. The molecule has 1 N–H and O–H groups in total. The Morgan fingerprint density at radius 1 is 0.528 bits per heavy atom. The van der Waals surface area contributed by atoms with Gasteiger partial charge < -0.3 is 14.8 Å². The number of fused-ring (bicyclic) bond motifs is 6. The van der Waals surface area contributed by atoms with Crippen molar-refractivity contribution in [3.05, 3.63) is 199 Å². The molecule has 7 aromatic carbocycles. The number of benzene rings is 7. The molecule has 8 aromatic rings.